The monoisotopic (exact) mass is 306 g/mol. The highest BCUT2D eigenvalue weighted by atomic mass is 79.9. The zero-order valence-electron chi connectivity index (χ0n) is 7.81. The first-order chi connectivity index (χ1) is 6.18. The van der Waals surface area contributed by atoms with Crippen molar-refractivity contribution in [3.05, 3.63) is 0 Å². The maximum Gasteiger partial charge on any atom is 0.0754 e. The van der Waals surface area contributed by atoms with E-state index in [-0.39, 0.29) is 0 Å². The Kier molecular flexibility index (Phi) is 2.11. The van der Waals surface area contributed by atoms with Gasteiger partial charge in [0, 0.05) is 0 Å². The van der Waals surface area contributed by atoms with Crippen LogP contribution in [0.4, 0.5) is 0 Å². The van der Waals surface area contributed by atoms with Crippen LogP contribution in [0.15, 0.2) is 0 Å². The largest absolute Gasteiger partial charge is 0.0759 e. The van der Waals surface area contributed by atoms with E-state index in [1.165, 1.54) is 19.3 Å². The number of rotatable bonds is 1. The molecular formula is C11H16Br2. The van der Waals surface area contributed by atoms with Crippen LogP contribution in [0, 0.1) is 23.2 Å². The molecule has 13 heavy (non-hydrogen) atoms. The molecule has 74 valence electrons. The Morgan fingerprint density at radius 2 is 1.23 bits per heavy atom. The van der Waals surface area contributed by atoms with Crippen molar-refractivity contribution in [2.75, 3.05) is 0 Å². The normalized spacial score (nSPS) is 53.3. The Morgan fingerprint density at radius 1 is 0.846 bits per heavy atom. The van der Waals surface area contributed by atoms with Crippen molar-refractivity contribution in [2.45, 2.75) is 42.3 Å². The summed E-state index contributed by atoms with van der Waals surface area (Å²) in [6.07, 6.45) is 9.10. The van der Waals surface area contributed by atoms with E-state index < -0.39 is 0 Å². The van der Waals surface area contributed by atoms with Gasteiger partial charge in [-0.25, -0.2) is 0 Å². The zero-order chi connectivity index (χ0) is 9.05. The second kappa shape index (κ2) is 2.98. The van der Waals surface area contributed by atoms with Gasteiger partial charge in [0.25, 0.3) is 0 Å². The Balaban J connectivity index is 1.91. The zero-order valence-corrected chi connectivity index (χ0v) is 11.0. The molecule has 0 unspecified atom stereocenters. The van der Waals surface area contributed by atoms with Gasteiger partial charge in [0.1, 0.15) is 0 Å². The van der Waals surface area contributed by atoms with E-state index in [1.54, 1.807) is 19.3 Å². The predicted octanol–water partition coefficient (Wildman–Crippen LogP) is 4.32. The third-order valence-corrected chi connectivity index (χ3v) is 6.49. The van der Waals surface area contributed by atoms with Crippen molar-refractivity contribution >= 4 is 31.9 Å². The van der Waals surface area contributed by atoms with Crippen molar-refractivity contribution < 1.29 is 0 Å². The molecule has 0 aromatic carbocycles. The molecule has 0 heterocycles. The molecular weight excluding hydrogens is 292 g/mol. The highest BCUT2D eigenvalue weighted by molar-refractivity contribution is 9.24. The van der Waals surface area contributed by atoms with Crippen LogP contribution in [-0.2, 0) is 0 Å². The van der Waals surface area contributed by atoms with Gasteiger partial charge in [-0.1, -0.05) is 31.9 Å². The van der Waals surface area contributed by atoms with Crippen LogP contribution >= 0.6 is 31.9 Å². The lowest BCUT2D eigenvalue weighted by Crippen LogP contribution is -2.48. The summed E-state index contributed by atoms with van der Waals surface area (Å²) < 4.78 is 0.570. The molecule has 0 saturated heterocycles. The van der Waals surface area contributed by atoms with Crippen molar-refractivity contribution in [2.24, 2.45) is 23.2 Å². The summed E-state index contributed by atoms with van der Waals surface area (Å²) in [5, 5.41) is 0. The van der Waals surface area contributed by atoms with E-state index in [1.807, 2.05) is 0 Å². The molecule has 0 N–H and O–H groups in total. The van der Waals surface area contributed by atoms with Crippen LogP contribution in [0.5, 0.6) is 0 Å². The average molecular weight is 308 g/mol. The van der Waals surface area contributed by atoms with Crippen LogP contribution in [0.3, 0.4) is 0 Å². The van der Waals surface area contributed by atoms with Gasteiger partial charge < -0.3 is 0 Å². The molecule has 2 heteroatoms. The number of alkyl halides is 2. The smallest absolute Gasteiger partial charge is 0.0754 e. The molecule has 4 rings (SSSR count). The minimum Gasteiger partial charge on any atom is -0.0759 e. The van der Waals surface area contributed by atoms with Crippen LogP contribution in [0.25, 0.3) is 0 Å². The summed E-state index contributed by atoms with van der Waals surface area (Å²) in [6, 6.07) is 0. The molecule has 4 bridgehead atoms. The van der Waals surface area contributed by atoms with Crippen molar-refractivity contribution in [3.8, 4) is 0 Å². The van der Waals surface area contributed by atoms with E-state index >= 15 is 0 Å². The summed E-state index contributed by atoms with van der Waals surface area (Å²) in [4.78, 5) is 0. The molecule has 0 nitrogen and oxygen atoms in total. The van der Waals surface area contributed by atoms with Gasteiger partial charge in [-0.3, -0.25) is 0 Å². The molecule has 0 aromatic rings. The first kappa shape index (κ1) is 9.21. The lowest BCUT2D eigenvalue weighted by molar-refractivity contribution is -0.0410. The third-order valence-electron chi connectivity index (χ3n) is 4.55. The molecule has 0 amide bonds. The van der Waals surface area contributed by atoms with Gasteiger partial charge in [-0.15, -0.1) is 0 Å². The van der Waals surface area contributed by atoms with Gasteiger partial charge in [-0.2, -0.15) is 0 Å². The molecule has 4 aliphatic rings. The summed E-state index contributed by atoms with van der Waals surface area (Å²) in [5.74, 6) is 3.22. The van der Waals surface area contributed by atoms with Crippen LogP contribution in [0.1, 0.15) is 38.5 Å². The lowest BCUT2D eigenvalue weighted by atomic mass is 9.50. The Bertz CT molecular complexity index is 187. The second-order valence-electron chi connectivity index (χ2n) is 5.58. The van der Waals surface area contributed by atoms with Gasteiger partial charge in [0.15, 0.2) is 0 Å². The molecule has 4 fully saturated rings. The summed E-state index contributed by atoms with van der Waals surface area (Å²) in [7, 11) is 0. The quantitative estimate of drug-likeness (QED) is 0.633. The second-order valence-corrected chi connectivity index (χ2v) is 8.64. The topological polar surface area (TPSA) is 0 Å². The predicted molar refractivity (Wildman–Crippen MR) is 62.2 cm³/mol. The summed E-state index contributed by atoms with van der Waals surface area (Å²) in [6.45, 7) is 0. The van der Waals surface area contributed by atoms with E-state index in [9.17, 15) is 0 Å². The SMILES string of the molecule is BrC(Br)C12CC3CC(CC(C3)C1)C2. The molecule has 4 aliphatic carbocycles. The van der Waals surface area contributed by atoms with Gasteiger partial charge in [0.2, 0.25) is 0 Å². The Hall–Kier alpha value is 0.960. The van der Waals surface area contributed by atoms with Crippen molar-refractivity contribution in [1.29, 1.82) is 0 Å². The van der Waals surface area contributed by atoms with Crippen LogP contribution < -0.4 is 0 Å². The van der Waals surface area contributed by atoms with Crippen molar-refractivity contribution in [1.82, 2.24) is 0 Å². The highest BCUT2D eigenvalue weighted by Gasteiger charge is 2.53. The molecule has 4 saturated carbocycles. The Morgan fingerprint density at radius 3 is 1.54 bits per heavy atom. The van der Waals surface area contributed by atoms with Crippen molar-refractivity contribution in [3.63, 3.8) is 0 Å². The van der Waals surface area contributed by atoms with Gasteiger partial charge >= 0.3 is 0 Å². The minimum atomic E-state index is 0.570. The summed E-state index contributed by atoms with van der Waals surface area (Å²) in [5.41, 5.74) is 0.634. The minimum absolute atomic E-state index is 0.570. The maximum absolute atomic E-state index is 3.78. The van der Waals surface area contributed by atoms with E-state index in [2.05, 4.69) is 31.9 Å². The van der Waals surface area contributed by atoms with E-state index in [0.717, 1.165) is 17.8 Å². The lowest BCUT2D eigenvalue weighted by Gasteiger charge is -2.57. The third kappa shape index (κ3) is 1.35. The molecule has 0 radical (unpaired) electrons. The fraction of sp³-hybridized carbons (Fsp3) is 1.00. The van der Waals surface area contributed by atoms with E-state index in [4.69, 9.17) is 0 Å². The highest BCUT2D eigenvalue weighted by Crippen LogP contribution is 2.63. The van der Waals surface area contributed by atoms with Gasteiger partial charge in [-0.05, 0) is 61.7 Å². The first-order valence-corrected chi connectivity index (χ1v) is 7.29. The summed E-state index contributed by atoms with van der Waals surface area (Å²) >= 11 is 7.56. The fourth-order valence-corrected chi connectivity index (χ4v) is 5.57. The standard InChI is InChI=1S/C11H16Br2/c12-10(13)11-4-7-1-8(5-11)3-9(2-7)6-11/h7-10H,1-6H2. The number of hydrogen-bond acceptors (Lipinski definition) is 0. The number of halogens is 2. The molecule has 0 aromatic heterocycles. The van der Waals surface area contributed by atoms with E-state index in [0.29, 0.717) is 9.15 Å². The van der Waals surface area contributed by atoms with Crippen LogP contribution in [-0.4, -0.2) is 3.74 Å². The fourth-order valence-electron chi connectivity index (χ4n) is 4.44. The number of hydrogen-bond donors (Lipinski definition) is 0. The average Bonchev–Trinajstić information content (AvgIpc) is 2.00. The first-order valence-electron chi connectivity index (χ1n) is 5.46. The molecule has 0 atom stereocenters. The molecule has 0 aliphatic heterocycles. The Labute approximate surface area is 97.1 Å². The maximum atomic E-state index is 3.78. The van der Waals surface area contributed by atoms with Crippen LogP contribution in [0.2, 0.25) is 0 Å². The van der Waals surface area contributed by atoms with Gasteiger partial charge in [0.05, 0.1) is 3.74 Å². The molecule has 0 spiro atoms.